The maximum absolute atomic E-state index is 4.95. The minimum atomic E-state index is 0.842. The van der Waals surface area contributed by atoms with Crippen LogP contribution in [0.2, 0.25) is 0 Å². The van der Waals surface area contributed by atoms with E-state index in [9.17, 15) is 0 Å². The number of hydrogen-bond donors (Lipinski definition) is 1. The summed E-state index contributed by atoms with van der Waals surface area (Å²) in [7, 11) is 1.74. The van der Waals surface area contributed by atoms with Crippen molar-refractivity contribution < 1.29 is 4.74 Å². The Bertz CT molecular complexity index is 211. The van der Waals surface area contributed by atoms with Crippen molar-refractivity contribution in [3.63, 3.8) is 0 Å². The van der Waals surface area contributed by atoms with Crippen molar-refractivity contribution in [3.8, 4) is 0 Å². The van der Waals surface area contributed by atoms with E-state index in [1.165, 1.54) is 0 Å². The van der Waals surface area contributed by atoms with Gasteiger partial charge >= 0.3 is 0 Å². The monoisotopic (exact) mass is 197 g/mol. The fourth-order valence-electron chi connectivity index (χ4n) is 1.27. The van der Waals surface area contributed by atoms with Crippen LogP contribution in [-0.4, -0.2) is 36.4 Å². The molecule has 4 heteroatoms. The largest absolute Gasteiger partial charge is 0.385 e. The Morgan fingerprint density at radius 3 is 2.93 bits per heavy atom. The molecule has 0 saturated heterocycles. The minimum absolute atomic E-state index is 0.842. The lowest BCUT2D eigenvalue weighted by Crippen LogP contribution is -2.19. The molecule has 4 nitrogen and oxygen atoms in total. The van der Waals surface area contributed by atoms with Crippen LogP contribution in [0.25, 0.3) is 0 Å². The Labute approximate surface area is 85.3 Å². The number of aryl methyl sites for hydroxylation is 1. The highest BCUT2D eigenvalue weighted by molar-refractivity contribution is 4.73. The molecule has 0 spiro atoms. The average Bonchev–Trinajstić information content (AvgIpc) is 2.69. The first-order valence-corrected chi connectivity index (χ1v) is 5.09. The molecule has 1 aromatic heterocycles. The van der Waals surface area contributed by atoms with Gasteiger partial charge in [0.15, 0.2) is 0 Å². The van der Waals surface area contributed by atoms with Gasteiger partial charge in [0.1, 0.15) is 0 Å². The summed E-state index contributed by atoms with van der Waals surface area (Å²) in [5.41, 5.74) is 0. The van der Waals surface area contributed by atoms with Crippen LogP contribution >= 0.6 is 0 Å². The summed E-state index contributed by atoms with van der Waals surface area (Å²) < 4.78 is 7.05. The van der Waals surface area contributed by atoms with Gasteiger partial charge in [-0.3, -0.25) is 0 Å². The first-order valence-electron chi connectivity index (χ1n) is 5.09. The van der Waals surface area contributed by atoms with E-state index in [1.807, 2.05) is 18.7 Å². The van der Waals surface area contributed by atoms with Crippen LogP contribution in [-0.2, 0) is 11.3 Å². The summed E-state index contributed by atoms with van der Waals surface area (Å²) in [6.07, 6.45) is 7.88. The molecular formula is C10H19N3O. The molecule has 1 N–H and O–H groups in total. The molecule has 0 unspecified atom stereocenters. The van der Waals surface area contributed by atoms with E-state index in [4.69, 9.17) is 4.74 Å². The summed E-state index contributed by atoms with van der Waals surface area (Å²) in [6, 6.07) is 0. The van der Waals surface area contributed by atoms with Crippen LogP contribution in [0.5, 0.6) is 0 Å². The molecule has 0 aromatic carbocycles. The zero-order valence-corrected chi connectivity index (χ0v) is 8.78. The van der Waals surface area contributed by atoms with Crippen LogP contribution in [0.1, 0.15) is 12.8 Å². The molecule has 0 aliphatic carbocycles. The van der Waals surface area contributed by atoms with Gasteiger partial charge in [0.05, 0.1) is 6.33 Å². The normalized spacial score (nSPS) is 10.6. The third-order valence-corrected chi connectivity index (χ3v) is 2.03. The highest BCUT2D eigenvalue weighted by Gasteiger charge is 1.90. The fraction of sp³-hybridized carbons (Fsp3) is 0.700. The maximum Gasteiger partial charge on any atom is 0.0945 e. The number of ether oxygens (including phenoxy) is 1. The summed E-state index contributed by atoms with van der Waals surface area (Å²) in [5, 5.41) is 3.37. The van der Waals surface area contributed by atoms with E-state index < -0.39 is 0 Å². The molecule has 0 atom stereocenters. The number of imidazole rings is 1. The molecule has 0 saturated carbocycles. The molecule has 1 rings (SSSR count). The van der Waals surface area contributed by atoms with E-state index in [1.54, 1.807) is 7.11 Å². The van der Waals surface area contributed by atoms with Crippen LogP contribution in [0.4, 0.5) is 0 Å². The fourth-order valence-corrected chi connectivity index (χ4v) is 1.27. The third-order valence-electron chi connectivity index (χ3n) is 2.03. The SMILES string of the molecule is COCCCNCCCn1ccnc1. The van der Waals surface area contributed by atoms with Crippen molar-refractivity contribution in [2.24, 2.45) is 0 Å². The molecule has 0 radical (unpaired) electrons. The standard InChI is InChI=1S/C10H19N3O/c1-14-9-3-5-11-4-2-7-13-8-6-12-10-13/h6,8,10-11H,2-5,7,9H2,1H3. The Hall–Kier alpha value is -0.870. The average molecular weight is 197 g/mol. The second-order valence-electron chi connectivity index (χ2n) is 3.25. The predicted octanol–water partition coefficient (Wildman–Crippen LogP) is 0.899. The number of hydrogen-bond acceptors (Lipinski definition) is 3. The van der Waals surface area contributed by atoms with E-state index >= 15 is 0 Å². The van der Waals surface area contributed by atoms with Crippen molar-refractivity contribution in [1.29, 1.82) is 0 Å². The van der Waals surface area contributed by atoms with Gasteiger partial charge in [0.2, 0.25) is 0 Å². The first-order chi connectivity index (χ1) is 6.93. The Morgan fingerprint density at radius 2 is 2.21 bits per heavy atom. The number of methoxy groups -OCH3 is 1. The third kappa shape index (κ3) is 4.99. The number of aromatic nitrogens is 2. The predicted molar refractivity (Wildman–Crippen MR) is 56.2 cm³/mol. The molecular weight excluding hydrogens is 178 g/mol. The van der Waals surface area contributed by atoms with Gasteiger partial charge in [-0.05, 0) is 25.9 Å². The summed E-state index contributed by atoms with van der Waals surface area (Å²) in [6.45, 7) is 3.98. The van der Waals surface area contributed by atoms with Crippen molar-refractivity contribution in [2.45, 2.75) is 19.4 Å². The van der Waals surface area contributed by atoms with Crippen molar-refractivity contribution >= 4 is 0 Å². The number of nitrogens with one attached hydrogen (secondary N) is 1. The van der Waals surface area contributed by atoms with Crippen molar-refractivity contribution in [3.05, 3.63) is 18.7 Å². The Kier molecular flexibility index (Phi) is 6.02. The first kappa shape index (κ1) is 11.2. The van der Waals surface area contributed by atoms with Gasteiger partial charge in [-0.15, -0.1) is 0 Å². The van der Waals surface area contributed by atoms with Gasteiger partial charge in [-0.2, -0.15) is 0 Å². The zero-order chi connectivity index (χ0) is 10.1. The van der Waals surface area contributed by atoms with E-state index in [0.717, 1.165) is 39.1 Å². The van der Waals surface area contributed by atoms with Gasteiger partial charge in [-0.1, -0.05) is 0 Å². The zero-order valence-electron chi connectivity index (χ0n) is 8.78. The molecule has 80 valence electrons. The van der Waals surface area contributed by atoms with E-state index in [2.05, 4.69) is 14.9 Å². The van der Waals surface area contributed by atoms with Crippen LogP contribution in [0.3, 0.4) is 0 Å². The van der Waals surface area contributed by atoms with Crippen LogP contribution in [0, 0.1) is 0 Å². The van der Waals surface area contributed by atoms with Gasteiger partial charge in [0.25, 0.3) is 0 Å². The molecule has 0 aliphatic rings. The molecule has 14 heavy (non-hydrogen) atoms. The lowest BCUT2D eigenvalue weighted by molar-refractivity contribution is 0.194. The quantitative estimate of drug-likeness (QED) is 0.629. The van der Waals surface area contributed by atoms with E-state index in [0.29, 0.717) is 0 Å². The lowest BCUT2D eigenvalue weighted by Gasteiger charge is -2.04. The molecule has 0 fully saturated rings. The van der Waals surface area contributed by atoms with Gasteiger partial charge < -0.3 is 14.6 Å². The molecule has 1 heterocycles. The van der Waals surface area contributed by atoms with Gasteiger partial charge in [0, 0.05) is 32.7 Å². The second kappa shape index (κ2) is 7.53. The highest BCUT2D eigenvalue weighted by atomic mass is 16.5. The maximum atomic E-state index is 4.95. The summed E-state index contributed by atoms with van der Waals surface area (Å²) >= 11 is 0. The second-order valence-corrected chi connectivity index (χ2v) is 3.25. The lowest BCUT2D eigenvalue weighted by atomic mass is 10.4. The molecule has 0 amide bonds. The van der Waals surface area contributed by atoms with Crippen LogP contribution in [0.15, 0.2) is 18.7 Å². The van der Waals surface area contributed by atoms with Crippen molar-refractivity contribution in [1.82, 2.24) is 14.9 Å². The smallest absolute Gasteiger partial charge is 0.0945 e. The molecule has 0 aliphatic heterocycles. The number of rotatable bonds is 8. The van der Waals surface area contributed by atoms with Crippen molar-refractivity contribution in [2.75, 3.05) is 26.8 Å². The summed E-state index contributed by atoms with van der Waals surface area (Å²) in [4.78, 5) is 3.99. The van der Waals surface area contributed by atoms with Gasteiger partial charge in [-0.25, -0.2) is 4.98 Å². The Morgan fingerprint density at radius 1 is 1.36 bits per heavy atom. The topological polar surface area (TPSA) is 39.1 Å². The highest BCUT2D eigenvalue weighted by Crippen LogP contribution is 1.89. The van der Waals surface area contributed by atoms with E-state index in [-0.39, 0.29) is 0 Å². The minimum Gasteiger partial charge on any atom is -0.385 e. The summed E-state index contributed by atoms with van der Waals surface area (Å²) in [5.74, 6) is 0. The Balaban J connectivity index is 1.85. The van der Waals surface area contributed by atoms with Crippen LogP contribution < -0.4 is 5.32 Å². The number of nitrogens with zero attached hydrogens (tertiary/aromatic N) is 2. The molecule has 1 aromatic rings. The molecule has 0 bridgehead atoms.